The van der Waals surface area contributed by atoms with Crippen molar-refractivity contribution in [3.05, 3.63) is 43.7 Å². The molecule has 0 aliphatic heterocycles. The van der Waals surface area contributed by atoms with Gasteiger partial charge >= 0.3 is 0 Å². The van der Waals surface area contributed by atoms with Crippen molar-refractivity contribution in [2.24, 2.45) is 0 Å². The van der Waals surface area contributed by atoms with Crippen LogP contribution in [0.25, 0.3) is 0 Å². The first-order valence-corrected chi connectivity index (χ1v) is 8.29. The normalized spacial score (nSPS) is 12.3. The van der Waals surface area contributed by atoms with Gasteiger partial charge in [0.15, 0.2) is 0 Å². The molecule has 2 nitrogen and oxygen atoms in total. The second-order valence-electron chi connectivity index (χ2n) is 4.36. The van der Waals surface area contributed by atoms with Gasteiger partial charge in [0.1, 0.15) is 0 Å². The Kier molecular flexibility index (Phi) is 5.43. The number of halogens is 1. The highest BCUT2D eigenvalue weighted by Crippen LogP contribution is 2.26. The molecule has 102 valence electrons. The zero-order valence-corrected chi connectivity index (χ0v) is 13.1. The van der Waals surface area contributed by atoms with Gasteiger partial charge in [-0.2, -0.15) is 0 Å². The van der Waals surface area contributed by atoms with Crippen LogP contribution in [-0.4, -0.2) is 5.91 Å². The number of rotatable bonds is 6. The molecular formula is C14H16ClNOS2. The van der Waals surface area contributed by atoms with E-state index in [1.165, 1.54) is 16.2 Å². The summed E-state index contributed by atoms with van der Waals surface area (Å²) < 4.78 is 0.758. The number of hydrogen-bond donors (Lipinski definition) is 1. The monoisotopic (exact) mass is 313 g/mol. The molecule has 1 N–H and O–H groups in total. The summed E-state index contributed by atoms with van der Waals surface area (Å²) in [5.41, 5.74) is 0. The van der Waals surface area contributed by atoms with Crippen LogP contribution in [0.1, 0.15) is 35.6 Å². The van der Waals surface area contributed by atoms with E-state index < -0.39 is 0 Å². The third kappa shape index (κ3) is 4.64. The summed E-state index contributed by atoms with van der Waals surface area (Å²) in [5, 5.41) is 5.07. The number of carbonyl (C=O) groups excluding carboxylic acids is 1. The summed E-state index contributed by atoms with van der Waals surface area (Å²) in [6.45, 7) is 1.99. The summed E-state index contributed by atoms with van der Waals surface area (Å²) in [7, 11) is 0. The maximum absolute atomic E-state index is 11.8. The third-order valence-corrected chi connectivity index (χ3v) is 5.16. The SMILES string of the molecule is CC(NC(=O)CCCc1cccs1)c1ccc(Cl)s1. The molecule has 0 saturated heterocycles. The maximum atomic E-state index is 11.8. The molecule has 0 saturated carbocycles. The lowest BCUT2D eigenvalue weighted by Gasteiger charge is -2.11. The Hall–Kier alpha value is -0.840. The van der Waals surface area contributed by atoms with E-state index in [0.717, 1.165) is 22.1 Å². The minimum atomic E-state index is 0.0340. The molecule has 2 aromatic rings. The predicted molar refractivity (Wildman–Crippen MR) is 83.1 cm³/mol. The Labute approximate surface area is 126 Å². The smallest absolute Gasteiger partial charge is 0.220 e. The van der Waals surface area contributed by atoms with Crippen LogP contribution in [0.15, 0.2) is 29.6 Å². The minimum absolute atomic E-state index is 0.0340. The molecule has 2 aromatic heterocycles. The molecule has 1 unspecified atom stereocenters. The average molecular weight is 314 g/mol. The van der Waals surface area contributed by atoms with Crippen LogP contribution in [0.4, 0.5) is 0 Å². The molecule has 1 amide bonds. The van der Waals surface area contributed by atoms with Crippen LogP contribution in [-0.2, 0) is 11.2 Å². The topological polar surface area (TPSA) is 29.1 Å². The first-order valence-electron chi connectivity index (χ1n) is 6.22. The Morgan fingerprint density at radius 3 is 2.89 bits per heavy atom. The van der Waals surface area contributed by atoms with E-state index >= 15 is 0 Å². The van der Waals surface area contributed by atoms with Gasteiger partial charge in [-0.3, -0.25) is 4.79 Å². The summed E-state index contributed by atoms with van der Waals surface area (Å²) in [6.07, 6.45) is 2.44. The van der Waals surface area contributed by atoms with E-state index in [9.17, 15) is 4.79 Å². The molecule has 1 atom stereocenters. The number of carbonyl (C=O) groups is 1. The van der Waals surface area contributed by atoms with Gasteiger partial charge in [0, 0.05) is 16.2 Å². The number of thiophene rings is 2. The second-order valence-corrected chi connectivity index (χ2v) is 7.14. The van der Waals surface area contributed by atoms with Gasteiger partial charge in [-0.05, 0) is 43.3 Å². The highest BCUT2D eigenvalue weighted by Gasteiger charge is 2.11. The minimum Gasteiger partial charge on any atom is -0.349 e. The fourth-order valence-corrected chi connectivity index (χ4v) is 3.64. The average Bonchev–Trinajstić information content (AvgIpc) is 3.00. The molecular weight excluding hydrogens is 298 g/mol. The van der Waals surface area contributed by atoms with Crippen molar-refractivity contribution in [3.63, 3.8) is 0 Å². The van der Waals surface area contributed by atoms with Crippen LogP contribution in [0.3, 0.4) is 0 Å². The first-order chi connectivity index (χ1) is 9.15. The summed E-state index contributed by atoms with van der Waals surface area (Å²) in [5.74, 6) is 0.105. The van der Waals surface area contributed by atoms with Crippen LogP contribution in [0, 0.1) is 0 Å². The molecule has 0 aliphatic carbocycles. The summed E-state index contributed by atoms with van der Waals surface area (Å²) in [6, 6.07) is 8.01. The Morgan fingerprint density at radius 2 is 2.26 bits per heavy atom. The van der Waals surface area contributed by atoms with Gasteiger partial charge in [0.05, 0.1) is 10.4 Å². The standard InChI is InChI=1S/C14H16ClNOS2/c1-10(12-7-8-13(15)19-12)16-14(17)6-2-4-11-5-3-9-18-11/h3,5,7-10H,2,4,6H2,1H3,(H,16,17). The first kappa shape index (κ1) is 14.6. The molecule has 0 aromatic carbocycles. The van der Waals surface area contributed by atoms with Crippen molar-refractivity contribution in [1.82, 2.24) is 5.32 Å². The van der Waals surface area contributed by atoms with Crippen molar-refractivity contribution in [1.29, 1.82) is 0 Å². The molecule has 0 spiro atoms. The lowest BCUT2D eigenvalue weighted by atomic mass is 10.2. The van der Waals surface area contributed by atoms with Gasteiger partial charge in [0.2, 0.25) is 5.91 Å². The zero-order chi connectivity index (χ0) is 13.7. The molecule has 2 rings (SSSR count). The highest BCUT2D eigenvalue weighted by molar-refractivity contribution is 7.16. The Balaban J connectivity index is 1.72. The predicted octanol–water partition coefficient (Wildman–Crippen LogP) is 4.66. The second kappa shape index (κ2) is 7.08. The summed E-state index contributed by atoms with van der Waals surface area (Å²) >= 11 is 9.14. The van der Waals surface area contributed by atoms with Gasteiger partial charge in [-0.15, -0.1) is 22.7 Å². The van der Waals surface area contributed by atoms with Gasteiger partial charge < -0.3 is 5.32 Å². The van der Waals surface area contributed by atoms with Gasteiger partial charge in [0.25, 0.3) is 0 Å². The van der Waals surface area contributed by atoms with Crippen LogP contribution in [0.5, 0.6) is 0 Å². The number of nitrogens with one attached hydrogen (secondary N) is 1. The maximum Gasteiger partial charge on any atom is 0.220 e. The van der Waals surface area contributed by atoms with Crippen molar-refractivity contribution < 1.29 is 4.79 Å². The molecule has 0 bridgehead atoms. The lowest BCUT2D eigenvalue weighted by Crippen LogP contribution is -2.25. The highest BCUT2D eigenvalue weighted by atomic mass is 35.5. The molecule has 2 heterocycles. The fourth-order valence-electron chi connectivity index (χ4n) is 1.82. The number of amides is 1. The fraction of sp³-hybridized carbons (Fsp3) is 0.357. The molecule has 5 heteroatoms. The van der Waals surface area contributed by atoms with E-state index in [2.05, 4.69) is 16.8 Å². The van der Waals surface area contributed by atoms with E-state index in [0.29, 0.717) is 6.42 Å². The Morgan fingerprint density at radius 1 is 1.42 bits per heavy atom. The molecule has 0 radical (unpaired) electrons. The van der Waals surface area contributed by atoms with E-state index in [1.807, 2.05) is 25.1 Å². The lowest BCUT2D eigenvalue weighted by molar-refractivity contribution is -0.121. The van der Waals surface area contributed by atoms with Crippen LogP contribution in [0.2, 0.25) is 4.34 Å². The van der Waals surface area contributed by atoms with Crippen LogP contribution < -0.4 is 5.32 Å². The summed E-state index contributed by atoms with van der Waals surface area (Å²) in [4.78, 5) is 14.3. The van der Waals surface area contributed by atoms with Crippen molar-refractivity contribution in [3.8, 4) is 0 Å². The number of hydrogen-bond acceptors (Lipinski definition) is 3. The molecule has 0 fully saturated rings. The molecule has 0 aliphatic rings. The third-order valence-electron chi connectivity index (χ3n) is 2.81. The quantitative estimate of drug-likeness (QED) is 0.825. The Bertz CT molecular complexity index is 521. The van der Waals surface area contributed by atoms with Crippen molar-refractivity contribution in [2.45, 2.75) is 32.2 Å². The van der Waals surface area contributed by atoms with E-state index in [1.54, 1.807) is 11.3 Å². The van der Waals surface area contributed by atoms with Gasteiger partial charge in [-0.25, -0.2) is 0 Å². The van der Waals surface area contributed by atoms with Crippen molar-refractivity contribution >= 4 is 40.2 Å². The molecule has 19 heavy (non-hydrogen) atoms. The van der Waals surface area contributed by atoms with Gasteiger partial charge in [-0.1, -0.05) is 17.7 Å². The largest absolute Gasteiger partial charge is 0.349 e. The van der Waals surface area contributed by atoms with E-state index in [-0.39, 0.29) is 11.9 Å². The number of aryl methyl sites for hydroxylation is 1. The van der Waals surface area contributed by atoms with E-state index in [4.69, 9.17) is 11.6 Å². The zero-order valence-electron chi connectivity index (χ0n) is 10.7. The van der Waals surface area contributed by atoms with Crippen LogP contribution >= 0.6 is 34.3 Å². The van der Waals surface area contributed by atoms with Crippen molar-refractivity contribution in [2.75, 3.05) is 0 Å².